The summed E-state index contributed by atoms with van der Waals surface area (Å²) in [5.41, 5.74) is 2.15. The van der Waals surface area contributed by atoms with Gasteiger partial charge in [0.15, 0.2) is 0 Å². The lowest BCUT2D eigenvalue weighted by Gasteiger charge is -2.24. The lowest BCUT2D eigenvalue weighted by molar-refractivity contribution is 0.156. The van der Waals surface area contributed by atoms with Crippen molar-refractivity contribution < 1.29 is 9.84 Å². The highest BCUT2D eigenvalue weighted by atomic mass is 16.5. The second kappa shape index (κ2) is 7.08. The summed E-state index contributed by atoms with van der Waals surface area (Å²) < 4.78 is 5.28. The normalized spacial score (nSPS) is 13.8. The average molecular weight is 271 g/mol. The van der Waals surface area contributed by atoms with Crippen LogP contribution in [0.1, 0.15) is 17.0 Å². The van der Waals surface area contributed by atoms with Gasteiger partial charge in [-0.1, -0.05) is 42.5 Å². The van der Waals surface area contributed by atoms with E-state index in [0.717, 1.165) is 16.9 Å². The molecule has 0 aliphatic rings. The number of hydrogen-bond donors (Lipinski definition) is 2. The van der Waals surface area contributed by atoms with Crippen molar-refractivity contribution in [1.29, 1.82) is 0 Å². The third kappa shape index (κ3) is 3.38. The molecule has 2 N–H and O–H groups in total. The van der Waals surface area contributed by atoms with Gasteiger partial charge in [-0.2, -0.15) is 0 Å². The second-order valence-corrected chi connectivity index (χ2v) is 4.79. The third-order valence-corrected chi connectivity index (χ3v) is 3.41. The van der Waals surface area contributed by atoms with Crippen LogP contribution < -0.4 is 10.1 Å². The lowest BCUT2D eigenvalue weighted by Crippen LogP contribution is -2.30. The quantitative estimate of drug-likeness (QED) is 0.847. The number of rotatable bonds is 6. The summed E-state index contributed by atoms with van der Waals surface area (Å²) in [6.45, 7) is 0.538. The Morgan fingerprint density at radius 3 is 2.40 bits per heavy atom. The number of benzene rings is 2. The van der Waals surface area contributed by atoms with Gasteiger partial charge in [0.2, 0.25) is 0 Å². The van der Waals surface area contributed by atoms with Crippen molar-refractivity contribution >= 4 is 0 Å². The van der Waals surface area contributed by atoms with Crippen molar-refractivity contribution in [3.05, 3.63) is 65.7 Å². The predicted molar refractivity (Wildman–Crippen MR) is 81.2 cm³/mol. The van der Waals surface area contributed by atoms with Gasteiger partial charge in [0.25, 0.3) is 0 Å². The first-order valence-corrected chi connectivity index (χ1v) is 6.78. The summed E-state index contributed by atoms with van der Waals surface area (Å²) in [6, 6.07) is 17.9. The molecule has 0 aliphatic carbocycles. The Kier molecular flexibility index (Phi) is 5.16. The minimum Gasteiger partial charge on any atom is -0.497 e. The summed E-state index contributed by atoms with van der Waals surface area (Å²) in [5.74, 6) is 0.735. The van der Waals surface area contributed by atoms with Crippen molar-refractivity contribution in [2.24, 2.45) is 0 Å². The van der Waals surface area contributed by atoms with Crippen LogP contribution in [-0.4, -0.2) is 31.9 Å². The zero-order valence-electron chi connectivity index (χ0n) is 11.9. The first-order valence-electron chi connectivity index (χ1n) is 6.78. The highest BCUT2D eigenvalue weighted by Crippen LogP contribution is 2.30. The Bertz CT molecular complexity index is 528. The zero-order valence-corrected chi connectivity index (χ0v) is 11.9. The highest BCUT2D eigenvalue weighted by molar-refractivity contribution is 5.38. The van der Waals surface area contributed by atoms with Crippen LogP contribution in [0.4, 0.5) is 0 Å². The average Bonchev–Trinajstić information content (AvgIpc) is 2.49. The van der Waals surface area contributed by atoms with Gasteiger partial charge in [-0.15, -0.1) is 0 Å². The van der Waals surface area contributed by atoms with E-state index in [9.17, 15) is 5.11 Å². The molecule has 3 nitrogen and oxygen atoms in total. The molecule has 0 radical (unpaired) electrons. The first-order chi connectivity index (χ1) is 9.76. The van der Waals surface area contributed by atoms with Gasteiger partial charge in [-0.25, -0.2) is 0 Å². The number of hydrogen-bond acceptors (Lipinski definition) is 3. The number of aliphatic hydroxyl groups is 1. The number of methoxy groups -OCH3 is 1. The van der Waals surface area contributed by atoms with E-state index in [1.54, 1.807) is 7.11 Å². The zero-order chi connectivity index (χ0) is 14.4. The van der Waals surface area contributed by atoms with Crippen LogP contribution in [0.15, 0.2) is 54.6 Å². The molecule has 20 heavy (non-hydrogen) atoms. The first kappa shape index (κ1) is 14.6. The standard InChI is InChI=1S/C17H21NO2/c1-18-12-16(19)17(13-7-4-3-5-8-13)14-9-6-10-15(11-14)20-2/h3-11,16-19H,12H2,1-2H3. The maximum Gasteiger partial charge on any atom is 0.119 e. The van der Waals surface area contributed by atoms with Crippen LogP contribution >= 0.6 is 0 Å². The molecule has 0 bridgehead atoms. The van der Waals surface area contributed by atoms with Gasteiger partial charge in [0, 0.05) is 12.5 Å². The fourth-order valence-electron chi connectivity index (χ4n) is 2.46. The van der Waals surface area contributed by atoms with Crippen LogP contribution in [0.5, 0.6) is 5.75 Å². The van der Waals surface area contributed by atoms with Crippen molar-refractivity contribution in [3.8, 4) is 5.75 Å². The van der Waals surface area contributed by atoms with Gasteiger partial charge >= 0.3 is 0 Å². The van der Waals surface area contributed by atoms with E-state index in [0.29, 0.717) is 6.54 Å². The van der Waals surface area contributed by atoms with E-state index < -0.39 is 6.10 Å². The lowest BCUT2D eigenvalue weighted by atomic mass is 9.86. The van der Waals surface area contributed by atoms with Gasteiger partial charge in [-0.05, 0) is 30.3 Å². The van der Waals surface area contributed by atoms with Crippen LogP contribution in [0, 0.1) is 0 Å². The molecular weight excluding hydrogens is 250 g/mol. The second-order valence-electron chi connectivity index (χ2n) is 4.79. The molecule has 2 atom stereocenters. The molecule has 2 aromatic rings. The van der Waals surface area contributed by atoms with Crippen LogP contribution in [-0.2, 0) is 0 Å². The molecule has 2 aromatic carbocycles. The molecule has 0 amide bonds. The smallest absolute Gasteiger partial charge is 0.119 e. The molecular formula is C17H21NO2. The summed E-state index contributed by atoms with van der Waals surface area (Å²) in [6.07, 6.45) is -0.491. The summed E-state index contributed by atoms with van der Waals surface area (Å²) in [7, 11) is 3.50. The predicted octanol–water partition coefficient (Wildman–Crippen LogP) is 2.41. The summed E-state index contributed by atoms with van der Waals surface area (Å²) >= 11 is 0. The van der Waals surface area contributed by atoms with E-state index in [-0.39, 0.29) is 5.92 Å². The number of ether oxygens (including phenoxy) is 1. The third-order valence-electron chi connectivity index (χ3n) is 3.41. The fourth-order valence-corrected chi connectivity index (χ4v) is 2.46. The van der Waals surface area contributed by atoms with Crippen molar-refractivity contribution in [2.75, 3.05) is 20.7 Å². The fraction of sp³-hybridized carbons (Fsp3) is 0.294. The van der Waals surface area contributed by atoms with E-state index >= 15 is 0 Å². The Balaban J connectivity index is 2.40. The summed E-state index contributed by atoms with van der Waals surface area (Å²) in [5, 5.41) is 13.5. The molecule has 0 heterocycles. The summed E-state index contributed by atoms with van der Waals surface area (Å²) in [4.78, 5) is 0. The van der Waals surface area contributed by atoms with Crippen LogP contribution in [0.2, 0.25) is 0 Å². The minimum atomic E-state index is -0.491. The van der Waals surface area contributed by atoms with Crippen molar-refractivity contribution in [3.63, 3.8) is 0 Å². The van der Waals surface area contributed by atoms with Gasteiger partial charge in [0.1, 0.15) is 5.75 Å². The highest BCUT2D eigenvalue weighted by Gasteiger charge is 2.22. The SMILES string of the molecule is CNCC(O)C(c1ccccc1)c1cccc(OC)c1. The molecule has 2 rings (SSSR count). The van der Waals surface area contributed by atoms with E-state index in [1.165, 1.54) is 0 Å². The largest absolute Gasteiger partial charge is 0.497 e. The van der Waals surface area contributed by atoms with E-state index in [1.807, 2.05) is 61.6 Å². The topological polar surface area (TPSA) is 41.5 Å². The molecule has 2 unspecified atom stereocenters. The molecule has 0 aliphatic heterocycles. The van der Waals surface area contributed by atoms with Crippen LogP contribution in [0.25, 0.3) is 0 Å². The molecule has 0 saturated carbocycles. The Morgan fingerprint density at radius 2 is 1.75 bits per heavy atom. The monoisotopic (exact) mass is 271 g/mol. The van der Waals surface area contributed by atoms with Crippen molar-refractivity contribution in [1.82, 2.24) is 5.32 Å². The maximum absolute atomic E-state index is 10.5. The van der Waals surface area contributed by atoms with Gasteiger partial charge in [0.05, 0.1) is 13.2 Å². The number of aliphatic hydroxyl groups excluding tert-OH is 1. The van der Waals surface area contributed by atoms with Crippen molar-refractivity contribution in [2.45, 2.75) is 12.0 Å². The molecule has 0 fully saturated rings. The molecule has 106 valence electrons. The van der Waals surface area contributed by atoms with Gasteiger partial charge in [-0.3, -0.25) is 0 Å². The van der Waals surface area contributed by atoms with Gasteiger partial charge < -0.3 is 15.2 Å². The number of likely N-dealkylation sites (N-methyl/N-ethyl adjacent to an activating group) is 1. The molecule has 0 spiro atoms. The Morgan fingerprint density at radius 1 is 1.05 bits per heavy atom. The molecule has 0 aromatic heterocycles. The maximum atomic E-state index is 10.5. The Hall–Kier alpha value is -1.84. The van der Waals surface area contributed by atoms with E-state index in [2.05, 4.69) is 5.32 Å². The number of nitrogens with one attached hydrogen (secondary N) is 1. The minimum absolute atomic E-state index is 0.0706. The molecule has 0 saturated heterocycles. The Labute approximate surface area is 120 Å². The molecule has 3 heteroatoms. The van der Waals surface area contributed by atoms with Crippen LogP contribution in [0.3, 0.4) is 0 Å². The van der Waals surface area contributed by atoms with E-state index in [4.69, 9.17) is 4.74 Å².